The number of anilines is 1. The predicted octanol–water partition coefficient (Wildman–Crippen LogP) is 1.97. The van der Waals surface area contributed by atoms with E-state index in [4.69, 9.17) is 0 Å². The van der Waals surface area contributed by atoms with E-state index in [-0.39, 0.29) is 17.9 Å². The molecule has 0 aliphatic carbocycles. The highest BCUT2D eigenvalue weighted by Gasteiger charge is 2.33. The molecular formula is C20H23BN2O2. The van der Waals surface area contributed by atoms with Gasteiger partial charge in [0.1, 0.15) is 6.04 Å². The van der Waals surface area contributed by atoms with Gasteiger partial charge in [0.25, 0.3) is 0 Å². The molecular weight excluding hydrogens is 311 g/mol. The molecule has 0 saturated carbocycles. The highest BCUT2D eigenvalue weighted by atomic mass is 16.2. The second-order valence-corrected chi connectivity index (χ2v) is 6.45. The molecule has 1 heterocycles. The number of nitrogens with zero attached hydrogens (tertiary/aromatic N) is 1. The number of rotatable bonds is 5. The van der Waals surface area contributed by atoms with Gasteiger partial charge in [-0.1, -0.05) is 54.8 Å². The van der Waals surface area contributed by atoms with Gasteiger partial charge in [-0.05, 0) is 30.5 Å². The lowest BCUT2D eigenvalue weighted by Crippen LogP contribution is -2.43. The topological polar surface area (TPSA) is 49.4 Å². The Bertz CT molecular complexity index is 731. The van der Waals surface area contributed by atoms with Gasteiger partial charge in [-0.2, -0.15) is 0 Å². The third-order valence-electron chi connectivity index (χ3n) is 4.70. The number of nitrogens with one attached hydrogen (secondary N) is 1. The fourth-order valence-corrected chi connectivity index (χ4v) is 3.26. The van der Waals surface area contributed by atoms with Gasteiger partial charge >= 0.3 is 0 Å². The highest BCUT2D eigenvalue weighted by Crippen LogP contribution is 2.20. The molecule has 4 nitrogen and oxygen atoms in total. The number of benzene rings is 2. The number of hydrogen-bond donors (Lipinski definition) is 1. The number of hydrogen-bond acceptors (Lipinski definition) is 2. The van der Waals surface area contributed by atoms with Crippen LogP contribution in [-0.2, 0) is 16.0 Å². The minimum Gasteiger partial charge on any atom is -0.330 e. The Morgan fingerprint density at radius 2 is 1.84 bits per heavy atom. The maximum absolute atomic E-state index is 12.6. The number of amides is 2. The molecule has 0 unspecified atom stereocenters. The van der Waals surface area contributed by atoms with Crippen LogP contribution < -0.4 is 10.8 Å². The second kappa shape index (κ2) is 8.01. The lowest BCUT2D eigenvalue weighted by molar-refractivity contribution is -0.136. The molecule has 3 rings (SSSR count). The second-order valence-electron chi connectivity index (χ2n) is 6.45. The maximum atomic E-state index is 12.6. The van der Waals surface area contributed by atoms with Crippen LogP contribution in [0.1, 0.15) is 18.4 Å². The van der Waals surface area contributed by atoms with Crippen LogP contribution in [0.25, 0.3) is 0 Å². The number of carbonyl (C=O) groups is 2. The summed E-state index contributed by atoms with van der Waals surface area (Å²) in [4.78, 5) is 27.0. The smallest absolute Gasteiger partial charge is 0.247 e. The SMILES string of the molecule is CBc1ccc(NC(=O)[C@@H]2CCCN2C(=O)Cc2ccccc2)cc1. The van der Waals surface area contributed by atoms with E-state index in [0.717, 1.165) is 31.4 Å². The average Bonchev–Trinajstić information content (AvgIpc) is 3.13. The normalized spacial score (nSPS) is 16.5. The van der Waals surface area contributed by atoms with E-state index < -0.39 is 0 Å². The molecule has 1 aliphatic heterocycles. The Labute approximate surface area is 149 Å². The minimum absolute atomic E-state index is 0.0187. The van der Waals surface area contributed by atoms with Crippen LogP contribution in [0.2, 0.25) is 6.82 Å². The molecule has 128 valence electrons. The Balaban J connectivity index is 1.63. The van der Waals surface area contributed by atoms with Crippen molar-refractivity contribution in [1.29, 1.82) is 0 Å². The van der Waals surface area contributed by atoms with Crippen LogP contribution in [-0.4, -0.2) is 36.6 Å². The summed E-state index contributed by atoms with van der Waals surface area (Å²) in [6, 6.07) is 17.2. The van der Waals surface area contributed by atoms with Crippen LogP contribution >= 0.6 is 0 Å². The summed E-state index contributed by atoms with van der Waals surface area (Å²) in [7, 11) is 0.971. The molecule has 0 spiro atoms. The first-order valence-corrected chi connectivity index (χ1v) is 8.90. The van der Waals surface area contributed by atoms with Crippen molar-refractivity contribution in [2.24, 2.45) is 0 Å². The van der Waals surface area contributed by atoms with E-state index >= 15 is 0 Å². The molecule has 1 fully saturated rings. The Morgan fingerprint density at radius 1 is 1.12 bits per heavy atom. The number of likely N-dealkylation sites (tertiary alicyclic amines) is 1. The molecule has 1 saturated heterocycles. The summed E-state index contributed by atoms with van der Waals surface area (Å²) in [6.07, 6.45) is 1.93. The van der Waals surface area contributed by atoms with Gasteiger partial charge in [-0.3, -0.25) is 9.59 Å². The van der Waals surface area contributed by atoms with Crippen LogP contribution in [0.4, 0.5) is 5.69 Å². The lowest BCUT2D eigenvalue weighted by Gasteiger charge is -2.24. The summed E-state index contributed by atoms with van der Waals surface area (Å²) in [5, 5.41) is 2.95. The zero-order valence-electron chi connectivity index (χ0n) is 14.6. The molecule has 2 aromatic rings. The van der Waals surface area contributed by atoms with E-state index in [1.54, 1.807) is 4.90 Å². The molecule has 0 bridgehead atoms. The zero-order chi connectivity index (χ0) is 17.6. The van der Waals surface area contributed by atoms with E-state index in [1.807, 2.05) is 54.6 Å². The molecule has 0 radical (unpaired) electrons. The quantitative estimate of drug-likeness (QED) is 0.850. The Morgan fingerprint density at radius 3 is 2.52 bits per heavy atom. The summed E-state index contributed by atoms with van der Waals surface area (Å²) in [5.41, 5.74) is 3.00. The van der Waals surface area contributed by atoms with E-state index in [9.17, 15) is 9.59 Å². The first-order valence-electron chi connectivity index (χ1n) is 8.90. The fourth-order valence-electron chi connectivity index (χ4n) is 3.26. The maximum Gasteiger partial charge on any atom is 0.247 e. The van der Waals surface area contributed by atoms with Gasteiger partial charge < -0.3 is 10.2 Å². The summed E-state index contributed by atoms with van der Waals surface area (Å²) in [5.74, 6) is -0.0756. The van der Waals surface area contributed by atoms with Crippen LogP contribution in [0.5, 0.6) is 0 Å². The van der Waals surface area contributed by atoms with Crippen LogP contribution in [0.15, 0.2) is 54.6 Å². The zero-order valence-corrected chi connectivity index (χ0v) is 14.6. The molecule has 2 amide bonds. The molecule has 0 aromatic heterocycles. The van der Waals surface area contributed by atoms with Crippen molar-refractivity contribution >= 4 is 30.2 Å². The fraction of sp³-hybridized carbons (Fsp3) is 0.300. The largest absolute Gasteiger partial charge is 0.330 e. The van der Waals surface area contributed by atoms with Crippen LogP contribution in [0, 0.1) is 0 Å². The molecule has 1 aliphatic rings. The van der Waals surface area contributed by atoms with E-state index in [2.05, 4.69) is 12.1 Å². The lowest BCUT2D eigenvalue weighted by atomic mass is 9.73. The predicted molar refractivity (Wildman–Crippen MR) is 103 cm³/mol. The van der Waals surface area contributed by atoms with Gasteiger partial charge in [0.05, 0.1) is 6.42 Å². The van der Waals surface area contributed by atoms with Crippen molar-refractivity contribution in [2.45, 2.75) is 32.1 Å². The van der Waals surface area contributed by atoms with Crippen molar-refractivity contribution in [3.8, 4) is 0 Å². The van der Waals surface area contributed by atoms with Crippen molar-refractivity contribution < 1.29 is 9.59 Å². The monoisotopic (exact) mass is 334 g/mol. The van der Waals surface area contributed by atoms with E-state index in [1.165, 1.54) is 5.46 Å². The van der Waals surface area contributed by atoms with Gasteiger partial charge in [0.15, 0.2) is 7.28 Å². The first kappa shape index (κ1) is 17.3. The molecule has 1 atom stereocenters. The average molecular weight is 334 g/mol. The van der Waals surface area contributed by atoms with Crippen molar-refractivity contribution in [3.63, 3.8) is 0 Å². The highest BCUT2D eigenvalue weighted by molar-refractivity contribution is 6.51. The standard InChI is InChI=1S/C20H23BN2O2/c1-21-16-9-11-17(12-10-16)22-20(25)18-8-5-13-23(18)19(24)14-15-6-3-2-4-7-15/h2-4,6-7,9-12,18,21H,5,8,13-14H2,1H3,(H,22,25)/t18-/m0/s1. The molecule has 2 aromatic carbocycles. The van der Waals surface area contributed by atoms with Crippen molar-refractivity contribution in [1.82, 2.24) is 4.90 Å². The van der Waals surface area contributed by atoms with Crippen molar-refractivity contribution in [2.75, 3.05) is 11.9 Å². The summed E-state index contributed by atoms with van der Waals surface area (Å²) >= 11 is 0. The third kappa shape index (κ3) is 4.30. The van der Waals surface area contributed by atoms with Crippen molar-refractivity contribution in [3.05, 3.63) is 60.2 Å². The van der Waals surface area contributed by atoms with Crippen LogP contribution in [0.3, 0.4) is 0 Å². The molecule has 5 heteroatoms. The molecule has 25 heavy (non-hydrogen) atoms. The minimum atomic E-state index is -0.373. The third-order valence-corrected chi connectivity index (χ3v) is 4.70. The molecule has 1 N–H and O–H groups in total. The Hall–Kier alpha value is -2.56. The van der Waals surface area contributed by atoms with Gasteiger partial charge in [0, 0.05) is 12.2 Å². The summed E-state index contributed by atoms with van der Waals surface area (Å²) in [6.45, 7) is 2.75. The first-order chi connectivity index (χ1) is 12.2. The van der Waals surface area contributed by atoms with E-state index in [0.29, 0.717) is 13.0 Å². The van der Waals surface area contributed by atoms with Gasteiger partial charge in [0.2, 0.25) is 11.8 Å². The Kier molecular flexibility index (Phi) is 5.54. The van der Waals surface area contributed by atoms with Gasteiger partial charge in [-0.15, -0.1) is 0 Å². The van der Waals surface area contributed by atoms with Gasteiger partial charge in [-0.25, -0.2) is 0 Å². The number of carbonyl (C=O) groups excluding carboxylic acids is 2. The summed E-state index contributed by atoms with van der Waals surface area (Å²) < 4.78 is 0.